The Labute approximate surface area is 95.6 Å². The van der Waals surface area contributed by atoms with Gasteiger partial charge in [0.1, 0.15) is 5.82 Å². The second-order valence-electron chi connectivity index (χ2n) is 3.93. The van der Waals surface area contributed by atoms with Gasteiger partial charge >= 0.3 is 0 Å². The summed E-state index contributed by atoms with van der Waals surface area (Å²) in [6, 6.07) is 0.454. The first-order chi connectivity index (χ1) is 7.88. The summed E-state index contributed by atoms with van der Waals surface area (Å²) in [6.45, 7) is 4.81. The minimum Gasteiger partial charge on any atom is -0.477 e. The molecule has 0 amide bonds. The molecule has 1 fully saturated rings. The van der Waals surface area contributed by atoms with Crippen LogP contribution in [0.3, 0.4) is 0 Å². The first kappa shape index (κ1) is 11.1. The van der Waals surface area contributed by atoms with Crippen LogP contribution in [0.25, 0.3) is 0 Å². The zero-order valence-electron chi connectivity index (χ0n) is 9.57. The first-order valence-electron chi connectivity index (χ1n) is 5.80. The SMILES string of the molecule is CCCOc1cncc(NC2CCNC2)n1. The highest BCUT2D eigenvalue weighted by atomic mass is 16.5. The van der Waals surface area contributed by atoms with Gasteiger partial charge in [-0.1, -0.05) is 6.92 Å². The standard InChI is InChI=1S/C11H18N4O/c1-2-5-16-11-8-13-7-10(15-11)14-9-3-4-12-6-9/h7-9,12H,2-6H2,1H3,(H,14,15). The van der Waals surface area contributed by atoms with Gasteiger partial charge in [-0.25, -0.2) is 0 Å². The highest BCUT2D eigenvalue weighted by molar-refractivity contribution is 5.35. The van der Waals surface area contributed by atoms with Crippen molar-refractivity contribution in [2.24, 2.45) is 0 Å². The van der Waals surface area contributed by atoms with E-state index in [1.807, 2.05) is 0 Å². The van der Waals surface area contributed by atoms with Crippen LogP contribution in [0.1, 0.15) is 19.8 Å². The van der Waals surface area contributed by atoms with E-state index in [4.69, 9.17) is 4.74 Å². The Hall–Kier alpha value is -1.36. The Morgan fingerprint density at radius 2 is 2.50 bits per heavy atom. The van der Waals surface area contributed by atoms with E-state index in [1.54, 1.807) is 12.4 Å². The molecule has 0 saturated carbocycles. The van der Waals surface area contributed by atoms with Crippen molar-refractivity contribution in [3.05, 3.63) is 12.4 Å². The molecule has 0 radical (unpaired) electrons. The molecule has 1 aliphatic rings. The number of aromatic nitrogens is 2. The van der Waals surface area contributed by atoms with E-state index in [9.17, 15) is 0 Å². The Bertz CT molecular complexity index is 326. The first-order valence-corrected chi connectivity index (χ1v) is 5.80. The summed E-state index contributed by atoms with van der Waals surface area (Å²) in [5.41, 5.74) is 0. The molecule has 1 aromatic heterocycles. The highest BCUT2D eigenvalue weighted by Gasteiger charge is 2.14. The molecule has 1 aliphatic heterocycles. The van der Waals surface area contributed by atoms with E-state index in [0.29, 0.717) is 18.5 Å². The molecule has 2 heterocycles. The van der Waals surface area contributed by atoms with Crippen LogP contribution in [0.4, 0.5) is 5.82 Å². The largest absolute Gasteiger partial charge is 0.477 e. The lowest BCUT2D eigenvalue weighted by Gasteiger charge is -2.12. The molecule has 88 valence electrons. The van der Waals surface area contributed by atoms with E-state index in [-0.39, 0.29) is 0 Å². The van der Waals surface area contributed by atoms with Gasteiger partial charge in [-0.05, 0) is 19.4 Å². The van der Waals surface area contributed by atoms with E-state index in [2.05, 4.69) is 27.5 Å². The summed E-state index contributed by atoms with van der Waals surface area (Å²) >= 11 is 0. The lowest BCUT2D eigenvalue weighted by atomic mass is 10.3. The molecular formula is C11H18N4O. The minimum absolute atomic E-state index is 0.454. The van der Waals surface area contributed by atoms with Gasteiger partial charge in [0.2, 0.25) is 5.88 Å². The fourth-order valence-corrected chi connectivity index (χ4v) is 1.68. The normalized spacial score (nSPS) is 19.7. The van der Waals surface area contributed by atoms with Gasteiger partial charge in [0.15, 0.2) is 0 Å². The number of hydrogen-bond acceptors (Lipinski definition) is 5. The summed E-state index contributed by atoms with van der Waals surface area (Å²) < 4.78 is 5.43. The summed E-state index contributed by atoms with van der Waals surface area (Å²) in [5.74, 6) is 1.39. The van der Waals surface area contributed by atoms with Crippen molar-refractivity contribution in [3.63, 3.8) is 0 Å². The summed E-state index contributed by atoms with van der Waals surface area (Å²) in [6.07, 6.45) is 5.48. The molecule has 0 bridgehead atoms. The number of nitrogens with zero attached hydrogens (tertiary/aromatic N) is 2. The smallest absolute Gasteiger partial charge is 0.234 e. The molecule has 1 aromatic rings. The van der Waals surface area contributed by atoms with E-state index >= 15 is 0 Å². The maximum atomic E-state index is 5.43. The molecule has 2 rings (SSSR count). The van der Waals surface area contributed by atoms with Crippen molar-refractivity contribution >= 4 is 5.82 Å². The van der Waals surface area contributed by atoms with Crippen molar-refractivity contribution in [1.29, 1.82) is 0 Å². The Balaban J connectivity index is 1.92. The molecule has 1 atom stereocenters. The van der Waals surface area contributed by atoms with Gasteiger partial charge < -0.3 is 15.4 Å². The lowest BCUT2D eigenvalue weighted by Crippen LogP contribution is -2.22. The topological polar surface area (TPSA) is 59.1 Å². The van der Waals surface area contributed by atoms with Crippen LogP contribution in [-0.4, -0.2) is 35.7 Å². The molecule has 1 unspecified atom stereocenters. The molecule has 5 heteroatoms. The molecule has 0 aromatic carbocycles. The average Bonchev–Trinajstić information content (AvgIpc) is 2.80. The predicted molar refractivity (Wildman–Crippen MR) is 62.7 cm³/mol. The molecule has 2 N–H and O–H groups in total. The third-order valence-electron chi connectivity index (χ3n) is 2.48. The van der Waals surface area contributed by atoms with Crippen LogP contribution < -0.4 is 15.4 Å². The number of hydrogen-bond donors (Lipinski definition) is 2. The van der Waals surface area contributed by atoms with Crippen LogP contribution >= 0.6 is 0 Å². The maximum Gasteiger partial charge on any atom is 0.234 e. The third kappa shape index (κ3) is 3.06. The number of anilines is 1. The number of ether oxygens (including phenoxy) is 1. The molecule has 1 saturated heterocycles. The molecule has 0 aliphatic carbocycles. The average molecular weight is 222 g/mol. The Morgan fingerprint density at radius 3 is 3.25 bits per heavy atom. The number of nitrogens with one attached hydrogen (secondary N) is 2. The van der Waals surface area contributed by atoms with Crippen LogP contribution in [0.5, 0.6) is 5.88 Å². The van der Waals surface area contributed by atoms with Crippen molar-refractivity contribution in [2.75, 3.05) is 25.0 Å². The van der Waals surface area contributed by atoms with Crippen molar-refractivity contribution in [3.8, 4) is 5.88 Å². The summed E-state index contributed by atoms with van der Waals surface area (Å²) in [4.78, 5) is 8.46. The Kier molecular flexibility index (Phi) is 3.93. The van der Waals surface area contributed by atoms with Crippen LogP contribution in [-0.2, 0) is 0 Å². The molecule has 5 nitrogen and oxygen atoms in total. The minimum atomic E-state index is 0.454. The summed E-state index contributed by atoms with van der Waals surface area (Å²) in [5, 5.41) is 6.64. The second-order valence-corrected chi connectivity index (χ2v) is 3.93. The zero-order valence-corrected chi connectivity index (χ0v) is 9.57. The van der Waals surface area contributed by atoms with E-state index < -0.39 is 0 Å². The fourth-order valence-electron chi connectivity index (χ4n) is 1.68. The number of rotatable bonds is 5. The van der Waals surface area contributed by atoms with E-state index in [1.165, 1.54) is 0 Å². The van der Waals surface area contributed by atoms with Crippen LogP contribution in [0.2, 0.25) is 0 Å². The predicted octanol–water partition coefficient (Wildman–Crippen LogP) is 1.04. The fraction of sp³-hybridized carbons (Fsp3) is 0.636. The van der Waals surface area contributed by atoms with Crippen molar-refractivity contribution < 1.29 is 4.74 Å². The molecule has 16 heavy (non-hydrogen) atoms. The highest BCUT2D eigenvalue weighted by Crippen LogP contribution is 2.12. The van der Waals surface area contributed by atoms with Gasteiger partial charge in [-0.15, -0.1) is 0 Å². The van der Waals surface area contributed by atoms with Crippen LogP contribution in [0.15, 0.2) is 12.4 Å². The van der Waals surface area contributed by atoms with Crippen molar-refractivity contribution in [2.45, 2.75) is 25.8 Å². The van der Waals surface area contributed by atoms with Gasteiger partial charge in [0, 0.05) is 12.6 Å². The molecule has 0 spiro atoms. The molecular weight excluding hydrogens is 204 g/mol. The second kappa shape index (κ2) is 5.65. The van der Waals surface area contributed by atoms with Gasteiger partial charge in [0.05, 0.1) is 19.0 Å². The lowest BCUT2D eigenvalue weighted by molar-refractivity contribution is 0.304. The van der Waals surface area contributed by atoms with Crippen LogP contribution in [0, 0.1) is 0 Å². The third-order valence-corrected chi connectivity index (χ3v) is 2.48. The monoisotopic (exact) mass is 222 g/mol. The van der Waals surface area contributed by atoms with Gasteiger partial charge in [0.25, 0.3) is 0 Å². The van der Waals surface area contributed by atoms with E-state index in [0.717, 1.165) is 31.7 Å². The maximum absolute atomic E-state index is 5.43. The van der Waals surface area contributed by atoms with Gasteiger partial charge in [-0.3, -0.25) is 4.98 Å². The zero-order chi connectivity index (χ0) is 11.2. The Morgan fingerprint density at radius 1 is 1.56 bits per heavy atom. The van der Waals surface area contributed by atoms with Crippen molar-refractivity contribution in [1.82, 2.24) is 15.3 Å². The summed E-state index contributed by atoms with van der Waals surface area (Å²) in [7, 11) is 0. The quantitative estimate of drug-likeness (QED) is 0.779. The van der Waals surface area contributed by atoms with Gasteiger partial charge in [-0.2, -0.15) is 4.98 Å².